The van der Waals surface area contributed by atoms with Crippen molar-refractivity contribution in [3.63, 3.8) is 0 Å². The number of nitriles is 1. The molecule has 0 amide bonds. The second-order valence-corrected chi connectivity index (χ2v) is 8.29. The standard InChI is InChI=1S/C28H30N2O/c29-21-23-14-16-24(17-15-23)22-30-19-8-7-13-27(30)18-20-31-28(25-9-3-1-4-10-25)26-11-5-2-6-12-26/h1-6,9-12,14-17,27-28H,7-8,13,18-20,22H2. The predicted molar refractivity (Wildman–Crippen MR) is 125 cm³/mol. The molecule has 1 aliphatic heterocycles. The summed E-state index contributed by atoms with van der Waals surface area (Å²) in [6.07, 6.45) is 4.77. The number of piperidine rings is 1. The van der Waals surface area contributed by atoms with Crippen LogP contribution in [0.3, 0.4) is 0 Å². The highest BCUT2D eigenvalue weighted by molar-refractivity contribution is 5.32. The molecule has 0 aromatic heterocycles. The van der Waals surface area contributed by atoms with Crippen LogP contribution in [0.1, 0.15) is 54.0 Å². The smallest absolute Gasteiger partial charge is 0.108 e. The zero-order valence-corrected chi connectivity index (χ0v) is 18.0. The minimum absolute atomic E-state index is 0.0297. The van der Waals surface area contributed by atoms with Gasteiger partial charge in [-0.3, -0.25) is 4.90 Å². The third-order valence-electron chi connectivity index (χ3n) is 6.16. The average Bonchev–Trinajstić information content (AvgIpc) is 2.84. The largest absolute Gasteiger partial charge is 0.369 e. The summed E-state index contributed by atoms with van der Waals surface area (Å²) < 4.78 is 6.48. The lowest BCUT2D eigenvalue weighted by atomic mass is 9.98. The molecule has 3 heteroatoms. The van der Waals surface area contributed by atoms with Crippen molar-refractivity contribution >= 4 is 0 Å². The lowest BCUT2D eigenvalue weighted by Gasteiger charge is -2.36. The summed E-state index contributed by atoms with van der Waals surface area (Å²) in [7, 11) is 0. The predicted octanol–water partition coefficient (Wildman–Crippen LogP) is 6.11. The van der Waals surface area contributed by atoms with Crippen LogP contribution in [-0.4, -0.2) is 24.1 Å². The van der Waals surface area contributed by atoms with E-state index in [2.05, 4.69) is 83.8 Å². The zero-order valence-electron chi connectivity index (χ0n) is 18.0. The van der Waals surface area contributed by atoms with Crippen molar-refractivity contribution in [3.8, 4) is 6.07 Å². The molecule has 0 aliphatic carbocycles. The van der Waals surface area contributed by atoms with E-state index in [0.717, 1.165) is 31.7 Å². The molecule has 1 saturated heterocycles. The second-order valence-electron chi connectivity index (χ2n) is 8.29. The molecule has 0 bridgehead atoms. The maximum absolute atomic E-state index is 9.02. The number of hydrogen-bond acceptors (Lipinski definition) is 3. The Labute approximate surface area is 185 Å². The van der Waals surface area contributed by atoms with E-state index >= 15 is 0 Å². The lowest BCUT2D eigenvalue weighted by Crippen LogP contribution is -2.39. The maximum Gasteiger partial charge on any atom is 0.108 e. The van der Waals surface area contributed by atoms with Crippen molar-refractivity contribution in [3.05, 3.63) is 107 Å². The monoisotopic (exact) mass is 410 g/mol. The first kappa shape index (κ1) is 21.3. The van der Waals surface area contributed by atoms with Gasteiger partial charge in [-0.15, -0.1) is 0 Å². The van der Waals surface area contributed by atoms with Gasteiger partial charge in [-0.05, 0) is 54.6 Å². The van der Waals surface area contributed by atoms with E-state index in [4.69, 9.17) is 10.00 Å². The van der Waals surface area contributed by atoms with Crippen molar-refractivity contribution in [2.24, 2.45) is 0 Å². The first-order chi connectivity index (χ1) is 15.3. The van der Waals surface area contributed by atoms with E-state index in [-0.39, 0.29) is 6.10 Å². The third kappa shape index (κ3) is 5.82. The minimum atomic E-state index is -0.0297. The molecule has 4 rings (SSSR count). The van der Waals surface area contributed by atoms with Gasteiger partial charge >= 0.3 is 0 Å². The van der Waals surface area contributed by atoms with Gasteiger partial charge in [0.1, 0.15) is 6.10 Å². The molecule has 31 heavy (non-hydrogen) atoms. The highest BCUT2D eigenvalue weighted by Gasteiger charge is 2.23. The first-order valence-corrected chi connectivity index (χ1v) is 11.3. The molecular formula is C28H30N2O. The molecule has 0 N–H and O–H groups in total. The van der Waals surface area contributed by atoms with Gasteiger partial charge in [-0.25, -0.2) is 0 Å². The summed E-state index contributed by atoms with van der Waals surface area (Å²) in [6.45, 7) is 2.81. The van der Waals surface area contributed by atoms with Gasteiger partial charge < -0.3 is 4.74 Å². The lowest BCUT2D eigenvalue weighted by molar-refractivity contribution is 0.0462. The first-order valence-electron chi connectivity index (χ1n) is 11.3. The van der Waals surface area contributed by atoms with Crippen LogP contribution >= 0.6 is 0 Å². The second kappa shape index (κ2) is 10.9. The van der Waals surface area contributed by atoms with Crippen LogP contribution < -0.4 is 0 Å². The average molecular weight is 411 g/mol. The van der Waals surface area contributed by atoms with E-state index in [1.54, 1.807) is 0 Å². The van der Waals surface area contributed by atoms with Gasteiger partial charge in [-0.1, -0.05) is 79.2 Å². The highest BCUT2D eigenvalue weighted by Crippen LogP contribution is 2.28. The fourth-order valence-electron chi connectivity index (χ4n) is 4.48. The number of benzene rings is 3. The van der Waals surface area contributed by atoms with Gasteiger partial charge in [0.2, 0.25) is 0 Å². The number of hydrogen-bond donors (Lipinski definition) is 0. The van der Waals surface area contributed by atoms with E-state index in [1.807, 2.05) is 12.1 Å². The molecule has 3 nitrogen and oxygen atoms in total. The van der Waals surface area contributed by atoms with Crippen LogP contribution in [0.2, 0.25) is 0 Å². The Morgan fingerprint density at radius 3 is 2.13 bits per heavy atom. The Hall–Kier alpha value is -2.93. The quantitative estimate of drug-likeness (QED) is 0.449. The van der Waals surface area contributed by atoms with E-state index in [1.165, 1.54) is 36.0 Å². The molecule has 3 aromatic rings. The number of likely N-dealkylation sites (tertiary alicyclic amines) is 1. The molecule has 1 aliphatic rings. The number of rotatable bonds is 8. The van der Waals surface area contributed by atoms with Gasteiger partial charge in [0, 0.05) is 19.2 Å². The van der Waals surface area contributed by atoms with Crippen LogP contribution in [0.4, 0.5) is 0 Å². The SMILES string of the molecule is N#Cc1ccc(CN2CCCCC2CCOC(c2ccccc2)c2ccccc2)cc1. The Kier molecular flexibility index (Phi) is 7.50. The summed E-state index contributed by atoms with van der Waals surface area (Å²) in [5.74, 6) is 0. The van der Waals surface area contributed by atoms with Crippen molar-refractivity contribution < 1.29 is 4.74 Å². The van der Waals surface area contributed by atoms with Crippen molar-refractivity contribution in [1.29, 1.82) is 5.26 Å². The van der Waals surface area contributed by atoms with Gasteiger partial charge in [0.15, 0.2) is 0 Å². The molecule has 3 aromatic carbocycles. The zero-order chi connectivity index (χ0) is 21.3. The normalized spacial score (nSPS) is 16.8. The third-order valence-corrected chi connectivity index (χ3v) is 6.16. The Morgan fingerprint density at radius 2 is 1.52 bits per heavy atom. The molecule has 1 unspecified atom stereocenters. The molecule has 1 heterocycles. The van der Waals surface area contributed by atoms with Crippen molar-refractivity contribution in [2.45, 2.75) is 44.4 Å². The minimum Gasteiger partial charge on any atom is -0.369 e. The van der Waals surface area contributed by atoms with Gasteiger partial charge in [-0.2, -0.15) is 5.26 Å². The number of nitrogens with zero attached hydrogens (tertiary/aromatic N) is 2. The molecule has 0 radical (unpaired) electrons. The summed E-state index contributed by atoms with van der Waals surface area (Å²) in [4.78, 5) is 2.59. The molecule has 1 fully saturated rings. The topological polar surface area (TPSA) is 36.3 Å². The Balaban J connectivity index is 1.39. The Bertz CT molecular complexity index is 924. The van der Waals surface area contributed by atoms with E-state index in [0.29, 0.717) is 6.04 Å². The van der Waals surface area contributed by atoms with Crippen molar-refractivity contribution in [2.75, 3.05) is 13.2 Å². The summed E-state index contributed by atoms with van der Waals surface area (Å²) in [6, 6.07) is 31.8. The number of ether oxygens (including phenoxy) is 1. The molecular weight excluding hydrogens is 380 g/mol. The van der Waals surface area contributed by atoms with Crippen LogP contribution in [0.25, 0.3) is 0 Å². The molecule has 0 spiro atoms. The van der Waals surface area contributed by atoms with Crippen LogP contribution in [0.15, 0.2) is 84.9 Å². The summed E-state index contributed by atoms with van der Waals surface area (Å²) in [5.41, 5.74) is 4.40. The van der Waals surface area contributed by atoms with E-state index < -0.39 is 0 Å². The Morgan fingerprint density at radius 1 is 0.871 bits per heavy atom. The fraction of sp³-hybridized carbons (Fsp3) is 0.321. The summed E-state index contributed by atoms with van der Waals surface area (Å²) in [5, 5.41) is 9.02. The summed E-state index contributed by atoms with van der Waals surface area (Å²) >= 11 is 0. The maximum atomic E-state index is 9.02. The van der Waals surface area contributed by atoms with Crippen molar-refractivity contribution in [1.82, 2.24) is 4.90 Å². The molecule has 0 saturated carbocycles. The van der Waals surface area contributed by atoms with Gasteiger partial charge in [0.25, 0.3) is 0 Å². The van der Waals surface area contributed by atoms with Crippen LogP contribution in [0.5, 0.6) is 0 Å². The van der Waals surface area contributed by atoms with Crippen LogP contribution in [0, 0.1) is 11.3 Å². The van der Waals surface area contributed by atoms with Gasteiger partial charge in [0.05, 0.1) is 11.6 Å². The van der Waals surface area contributed by atoms with Crippen LogP contribution in [-0.2, 0) is 11.3 Å². The molecule has 158 valence electrons. The molecule has 1 atom stereocenters. The van der Waals surface area contributed by atoms with E-state index in [9.17, 15) is 0 Å². The fourth-order valence-corrected chi connectivity index (χ4v) is 4.48. The highest BCUT2D eigenvalue weighted by atomic mass is 16.5.